The first-order valence-corrected chi connectivity index (χ1v) is 9.93. The fraction of sp³-hybridized carbons (Fsp3) is 0.400. The summed E-state index contributed by atoms with van der Waals surface area (Å²) in [6.45, 7) is 2.65. The number of nitriles is 1. The van der Waals surface area contributed by atoms with Crippen LogP contribution in [0.1, 0.15) is 35.3 Å². The summed E-state index contributed by atoms with van der Waals surface area (Å²) >= 11 is 1.56. The van der Waals surface area contributed by atoms with Gasteiger partial charge in [0.2, 0.25) is 5.91 Å². The van der Waals surface area contributed by atoms with E-state index in [2.05, 4.69) is 10.3 Å². The molecule has 7 heteroatoms. The zero-order valence-electron chi connectivity index (χ0n) is 15.0. The Labute approximate surface area is 161 Å². The minimum atomic E-state index is -0.134. The largest absolute Gasteiger partial charge is 0.347 e. The number of likely N-dealkylation sites (tertiary alicyclic amines) is 1. The van der Waals surface area contributed by atoms with Gasteiger partial charge in [0, 0.05) is 34.8 Å². The Kier molecular flexibility index (Phi) is 4.66. The van der Waals surface area contributed by atoms with Crippen molar-refractivity contribution in [1.29, 1.82) is 5.26 Å². The second kappa shape index (κ2) is 7.12. The Bertz CT molecular complexity index is 932. The van der Waals surface area contributed by atoms with E-state index in [1.54, 1.807) is 22.3 Å². The molecule has 2 bridgehead atoms. The summed E-state index contributed by atoms with van der Waals surface area (Å²) in [4.78, 5) is 31.2. The lowest BCUT2D eigenvalue weighted by atomic mass is 10.0. The van der Waals surface area contributed by atoms with E-state index in [9.17, 15) is 9.59 Å². The Morgan fingerprint density at radius 2 is 2.26 bits per heavy atom. The number of fused-ring (bicyclic) bond motifs is 2. The molecule has 1 saturated heterocycles. The lowest BCUT2D eigenvalue weighted by molar-refractivity contribution is -0.132. The van der Waals surface area contributed by atoms with Crippen LogP contribution in [0, 0.1) is 24.2 Å². The number of aromatic nitrogens is 1. The first kappa shape index (κ1) is 17.7. The van der Waals surface area contributed by atoms with Crippen molar-refractivity contribution in [3.63, 3.8) is 0 Å². The highest BCUT2D eigenvalue weighted by Crippen LogP contribution is 2.38. The van der Waals surface area contributed by atoms with Gasteiger partial charge in [0.05, 0.1) is 12.1 Å². The van der Waals surface area contributed by atoms with Gasteiger partial charge in [-0.05, 0) is 37.8 Å². The van der Waals surface area contributed by atoms with E-state index in [1.165, 1.54) is 0 Å². The monoisotopic (exact) mass is 380 g/mol. The number of amides is 2. The minimum Gasteiger partial charge on any atom is -0.347 e. The van der Waals surface area contributed by atoms with Crippen LogP contribution >= 0.6 is 11.3 Å². The number of carbonyl (C=O) groups is 2. The number of thiazole rings is 1. The predicted molar refractivity (Wildman–Crippen MR) is 102 cm³/mol. The molecule has 1 N–H and O–H groups in total. The molecule has 0 radical (unpaired) electrons. The molecule has 1 aromatic heterocycles. The molecular weight excluding hydrogens is 360 g/mol. The van der Waals surface area contributed by atoms with E-state index in [4.69, 9.17) is 5.26 Å². The first-order chi connectivity index (χ1) is 13.0. The maximum Gasteiger partial charge on any atom is 0.251 e. The third-order valence-corrected chi connectivity index (χ3v) is 6.35. The van der Waals surface area contributed by atoms with Crippen molar-refractivity contribution in [2.24, 2.45) is 5.92 Å². The quantitative estimate of drug-likeness (QED) is 0.884. The van der Waals surface area contributed by atoms with Gasteiger partial charge in [0.1, 0.15) is 11.4 Å². The van der Waals surface area contributed by atoms with Crippen LogP contribution < -0.4 is 5.32 Å². The number of piperidine rings is 1. The Balaban J connectivity index is 1.47. The lowest BCUT2D eigenvalue weighted by Crippen LogP contribution is -2.51. The Hall–Kier alpha value is -2.72. The number of hydrogen-bond acceptors (Lipinski definition) is 5. The van der Waals surface area contributed by atoms with Crippen LogP contribution in [0.3, 0.4) is 0 Å². The molecule has 1 aliphatic carbocycles. The van der Waals surface area contributed by atoms with E-state index in [1.807, 2.05) is 36.6 Å². The molecule has 1 saturated carbocycles. The second-order valence-electron chi connectivity index (χ2n) is 7.24. The molecule has 27 heavy (non-hydrogen) atoms. The average molecular weight is 380 g/mol. The van der Waals surface area contributed by atoms with Gasteiger partial charge >= 0.3 is 0 Å². The molecule has 2 aromatic rings. The summed E-state index contributed by atoms with van der Waals surface area (Å²) in [7, 11) is 0. The number of nitrogens with one attached hydrogen (secondary N) is 1. The molecular formula is C20H20N4O2S. The summed E-state index contributed by atoms with van der Waals surface area (Å²) in [6.07, 6.45) is 1.69. The maximum atomic E-state index is 12.8. The van der Waals surface area contributed by atoms with Gasteiger partial charge in [-0.1, -0.05) is 12.1 Å². The van der Waals surface area contributed by atoms with Crippen molar-refractivity contribution in [3.8, 4) is 16.6 Å². The molecule has 6 nitrogen and oxygen atoms in total. The SMILES string of the molecule is Cc1csc(-c2cccc(C(=O)NC3CC4CC3N(C(=O)CC#N)C4)c2)n1. The number of benzene rings is 1. The van der Waals surface area contributed by atoms with Crippen LogP contribution in [0.5, 0.6) is 0 Å². The van der Waals surface area contributed by atoms with Gasteiger partial charge in [-0.3, -0.25) is 9.59 Å². The molecule has 1 aliphatic heterocycles. The van der Waals surface area contributed by atoms with E-state index < -0.39 is 0 Å². The van der Waals surface area contributed by atoms with Gasteiger partial charge in [0.25, 0.3) is 5.91 Å². The standard InChI is InChI=1S/C20H20N4O2S/c1-12-11-27-20(22-12)15-4-2-3-14(9-15)19(26)23-16-7-13-8-17(16)24(10-13)18(25)5-6-21/h2-4,9,11,13,16-17H,5,7-8,10H2,1H3,(H,23,26). The first-order valence-electron chi connectivity index (χ1n) is 9.05. The Morgan fingerprint density at radius 1 is 1.41 bits per heavy atom. The summed E-state index contributed by atoms with van der Waals surface area (Å²) < 4.78 is 0. The summed E-state index contributed by atoms with van der Waals surface area (Å²) in [5.41, 5.74) is 2.49. The van der Waals surface area contributed by atoms with Crippen LogP contribution in [0.25, 0.3) is 10.6 Å². The average Bonchev–Trinajstić information content (AvgIpc) is 3.37. The van der Waals surface area contributed by atoms with Crippen molar-refractivity contribution in [3.05, 3.63) is 40.9 Å². The van der Waals surface area contributed by atoms with Crippen LogP contribution in [0.4, 0.5) is 0 Å². The van der Waals surface area contributed by atoms with Crippen molar-refractivity contribution in [2.75, 3.05) is 6.54 Å². The van der Waals surface area contributed by atoms with Gasteiger partial charge in [0.15, 0.2) is 0 Å². The molecule has 138 valence electrons. The fourth-order valence-corrected chi connectivity index (χ4v) is 4.96. The van der Waals surface area contributed by atoms with Gasteiger partial charge in [-0.25, -0.2) is 4.98 Å². The third-order valence-electron chi connectivity index (χ3n) is 5.34. The van der Waals surface area contributed by atoms with Crippen molar-refractivity contribution < 1.29 is 9.59 Å². The zero-order valence-corrected chi connectivity index (χ0v) is 15.8. The molecule has 1 aromatic carbocycles. The molecule has 3 unspecified atom stereocenters. The molecule has 3 atom stereocenters. The van der Waals surface area contributed by atoms with E-state index in [-0.39, 0.29) is 30.3 Å². The molecule has 4 rings (SSSR count). The summed E-state index contributed by atoms with van der Waals surface area (Å²) in [6, 6.07) is 9.35. The Morgan fingerprint density at radius 3 is 2.96 bits per heavy atom. The molecule has 0 spiro atoms. The third kappa shape index (κ3) is 3.45. The number of carbonyl (C=O) groups excluding carboxylic acids is 2. The van der Waals surface area contributed by atoms with E-state index in [0.717, 1.165) is 29.1 Å². The number of aryl methyl sites for hydroxylation is 1. The highest BCUT2D eigenvalue weighted by molar-refractivity contribution is 7.13. The lowest BCUT2D eigenvalue weighted by Gasteiger charge is -2.33. The fourth-order valence-electron chi connectivity index (χ4n) is 4.17. The van der Waals surface area contributed by atoms with Crippen LogP contribution in [0.15, 0.2) is 29.6 Å². The normalized spacial score (nSPS) is 23.3. The van der Waals surface area contributed by atoms with E-state index >= 15 is 0 Å². The minimum absolute atomic E-state index is 0.00425. The predicted octanol–water partition coefficient (Wildman–Crippen LogP) is 2.75. The number of hydrogen-bond donors (Lipinski definition) is 1. The molecule has 2 fully saturated rings. The van der Waals surface area contributed by atoms with Crippen molar-refractivity contribution in [2.45, 2.75) is 38.3 Å². The van der Waals surface area contributed by atoms with Gasteiger partial charge in [-0.15, -0.1) is 11.3 Å². The highest BCUT2D eigenvalue weighted by atomic mass is 32.1. The molecule has 2 amide bonds. The van der Waals surface area contributed by atoms with Crippen LogP contribution in [-0.4, -0.2) is 40.3 Å². The van der Waals surface area contributed by atoms with Gasteiger partial charge < -0.3 is 10.2 Å². The van der Waals surface area contributed by atoms with Crippen molar-refractivity contribution >= 4 is 23.2 Å². The summed E-state index contributed by atoms with van der Waals surface area (Å²) in [5.74, 6) is 0.146. The van der Waals surface area contributed by atoms with Crippen LogP contribution in [0.2, 0.25) is 0 Å². The molecule has 2 aliphatic rings. The van der Waals surface area contributed by atoms with Crippen LogP contribution in [-0.2, 0) is 4.79 Å². The van der Waals surface area contributed by atoms with E-state index in [0.29, 0.717) is 18.0 Å². The van der Waals surface area contributed by atoms with Gasteiger partial charge in [-0.2, -0.15) is 5.26 Å². The second-order valence-corrected chi connectivity index (χ2v) is 8.10. The topological polar surface area (TPSA) is 86.1 Å². The smallest absolute Gasteiger partial charge is 0.251 e. The zero-order chi connectivity index (χ0) is 19.0. The maximum absolute atomic E-state index is 12.8. The number of rotatable bonds is 4. The summed E-state index contributed by atoms with van der Waals surface area (Å²) in [5, 5.41) is 14.8. The highest BCUT2D eigenvalue weighted by Gasteiger charge is 2.47. The molecule has 2 heterocycles. The number of nitrogens with zero attached hydrogens (tertiary/aromatic N) is 3. The van der Waals surface area contributed by atoms with Crippen molar-refractivity contribution in [1.82, 2.24) is 15.2 Å².